The maximum Gasteiger partial charge on any atom is 0.274 e. The number of carbonyl (C=O) groups is 1. The van der Waals surface area contributed by atoms with Gasteiger partial charge in [-0.05, 0) is 41.5 Å². The van der Waals surface area contributed by atoms with Crippen molar-refractivity contribution in [2.24, 2.45) is 0 Å². The topological polar surface area (TPSA) is 52.2 Å². The Morgan fingerprint density at radius 1 is 1.15 bits per heavy atom. The molecule has 1 unspecified atom stereocenters. The fourth-order valence-corrected chi connectivity index (χ4v) is 4.90. The Bertz CT molecular complexity index is 949. The summed E-state index contributed by atoms with van der Waals surface area (Å²) in [6, 6.07) is 15.1. The summed E-state index contributed by atoms with van der Waals surface area (Å²) >= 11 is 1.64. The monoisotopic (exact) mass is 378 g/mol. The number of carbonyl (C=O) groups excluding carboxylic acids is 1. The number of hydrogen-bond donors (Lipinski definition) is 1. The van der Waals surface area contributed by atoms with Crippen LogP contribution in [0.3, 0.4) is 0 Å². The highest BCUT2D eigenvalue weighted by molar-refractivity contribution is 7.13. The highest BCUT2D eigenvalue weighted by atomic mass is 32.1. The van der Waals surface area contributed by atoms with Gasteiger partial charge < -0.3 is 4.90 Å². The predicted molar refractivity (Wildman–Crippen MR) is 107 cm³/mol. The van der Waals surface area contributed by atoms with Gasteiger partial charge >= 0.3 is 0 Å². The first-order chi connectivity index (χ1) is 13.3. The van der Waals surface area contributed by atoms with Gasteiger partial charge in [-0.1, -0.05) is 30.3 Å². The SMILES string of the molecule is O=C(c1cc(-c2cccs2)[nH]n1)N1CCC(N2CCc3ccccc3C2)C1. The zero-order valence-electron chi connectivity index (χ0n) is 15.1. The smallest absolute Gasteiger partial charge is 0.274 e. The quantitative estimate of drug-likeness (QED) is 0.760. The first-order valence-corrected chi connectivity index (χ1v) is 10.4. The number of nitrogens with one attached hydrogen (secondary N) is 1. The number of nitrogens with zero attached hydrogens (tertiary/aromatic N) is 3. The van der Waals surface area contributed by atoms with Crippen molar-refractivity contribution in [1.82, 2.24) is 20.0 Å². The molecule has 0 aliphatic carbocycles. The number of benzene rings is 1. The Hall–Kier alpha value is -2.44. The second kappa shape index (κ2) is 6.94. The summed E-state index contributed by atoms with van der Waals surface area (Å²) in [5.41, 5.74) is 4.33. The number of fused-ring (bicyclic) bond motifs is 1. The molecule has 0 radical (unpaired) electrons. The first kappa shape index (κ1) is 16.7. The van der Waals surface area contributed by atoms with Gasteiger partial charge in [0.2, 0.25) is 0 Å². The second-order valence-electron chi connectivity index (χ2n) is 7.33. The van der Waals surface area contributed by atoms with E-state index >= 15 is 0 Å². The molecule has 5 rings (SSSR count). The Kier molecular flexibility index (Phi) is 4.30. The largest absolute Gasteiger partial charge is 0.336 e. The number of rotatable bonds is 3. The molecule has 1 aromatic carbocycles. The van der Waals surface area contributed by atoms with Crippen LogP contribution in [0, 0.1) is 0 Å². The molecule has 0 saturated carbocycles. The fraction of sp³-hybridized carbons (Fsp3) is 0.333. The van der Waals surface area contributed by atoms with Crippen LogP contribution in [0.15, 0.2) is 47.8 Å². The summed E-state index contributed by atoms with van der Waals surface area (Å²) < 4.78 is 0. The van der Waals surface area contributed by atoms with Gasteiger partial charge in [0.15, 0.2) is 5.69 Å². The van der Waals surface area contributed by atoms with E-state index in [2.05, 4.69) is 39.4 Å². The molecule has 5 nitrogen and oxygen atoms in total. The Morgan fingerprint density at radius 3 is 2.89 bits per heavy atom. The van der Waals surface area contributed by atoms with E-state index in [1.54, 1.807) is 11.3 Å². The van der Waals surface area contributed by atoms with E-state index in [0.717, 1.165) is 49.6 Å². The molecule has 0 bridgehead atoms. The van der Waals surface area contributed by atoms with Gasteiger partial charge in [-0.15, -0.1) is 11.3 Å². The van der Waals surface area contributed by atoms with Crippen LogP contribution in [0.4, 0.5) is 0 Å². The summed E-state index contributed by atoms with van der Waals surface area (Å²) in [6.07, 6.45) is 2.14. The Morgan fingerprint density at radius 2 is 2.04 bits per heavy atom. The van der Waals surface area contributed by atoms with Crippen molar-refractivity contribution in [1.29, 1.82) is 0 Å². The molecule has 1 N–H and O–H groups in total. The summed E-state index contributed by atoms with van der Waals surface area (Å²) in [6.45, 7) is 3.67. The average molecular weight is 379 g/mol. The molecule has 1 saturated heterocycles. The van der Waals surface area contributed by atoms with E-state index in [-0.39, 0.29) is 5.91 Å². The minimum atomic E-state index is 0.0361. The van der Waals surface area contributed by atoms with Crippen LogP contribution in [-0.2, 0) is 13.0 Å². The van der Waals surface area contributed by atoms with E-state index in [9.17, 15) is 4.79 Å². The van der Waals surface area contributed by atoms with Crippen LogP contribution in [0.2, 0.25) is 0 Å². The minimum absolute atomic E-state index is 0.0361. The fourth-order valence-electron chi connectivity index (χ4n) is 4.20. The van der Waals surface area contributed by atoms with Crippen molar-refractivity contribution in [2.45, 2.75) is 25.4 Å². The van der Waals surface area contributed by atoms with Crippen LogP contribution >= 0.6 is 11.3 Å². The van der Waals surface area contributed by atoms with Gasteiger partial charge in [0.25, 0.3) is 5.91 Å². The predicted octanol–water partition coefficient (Wildman–Crippen LogP) is 3.41. The highest BCUT2D eigenvalue weighted by Crippen LogP contribution is 2.26. The van der Waals surface area contributed by atoms with Gasteiger partial charge in [0.05, 0.1) is 10.6 Å². The number of H-pyrrole nitrogens is 1. The lowest BCUT2D eigenvalue weighted by molar-refractivity contribution is 0.0767. The second-order valence-corrected chi connectivity index (χ2v) is 8.27. The standard InChI is InChI=1S/C21H22N4OS/c26-21(19-12-18(22-23-19)20-6-3-11-27-20)25-10-8-17(14-25)24-9-7-15-4-1-2-5-16(15)13-24/h1-6,11-12,17H,7-10,13-14H2,(H,22,23). The molecule has 27 heavy (non-hydrogen) atoms. The molecule has 1 atom stereocenters. The number of amides is 1. The third-order valence-electron chi connectivity index (χ3n) is 5.71. The van der Waals surface area contributed by atoms with Crippen molar-refractivity contribution in [2.75, 3.05) is 19.6 Å². The van der Waals surface area contributed by atoms with Crippen LogP contribution in [0.1, 0.15) is 28.0 Å². The highest BCUT2D eigenvalue weighted by Gasteiger charge is 2.33. The van der Waals surface area contributed by atoms with E-state index < -0.39 is 0 Å². The lowest BCUT2D eigenvalue weighted by Gasteiger charge is -2.33. The van der Waals surface area contributed by atoms with Crippen LogP contribution in [0.25, 0.3) is 10.6 Å². The van der Waals surface area contributed by atoms with Gasteiger partial charge in [0, 0.05) is 32.2 Å². The maximum atomic E-state index is 12.9. The van der Waals surface area contributed by atoms with Gasteiger partial charge in [-0.3, -0.25) is 14.8 Å². The first-order valence-electron chi connectivity index (χ1n) is 9.47. The Balaban J connectivity index is 1.25. The molecule has 1 fully saturated rings. The van der Waals surface area contributed by atoms with Crippen LogP contribution in [-0.4, -0.2) is 51.6 Å². The zero-order valence-corrected chi connectivity index (χ0v) is 15.9. The molecule has 6 heteroatoms. The summed E-state index contributed by atoms with van der Waals surface area (Å²) in [7, 11) is 0. The molecule has 2 aliphatic rings. The lowest BCUT2D eigenvalue weighted by Crippen LogP contribution is -2.41. The molecule has 1 amide bonds. The number of likely N-dealkylation sites (tertiary alicyclic amines) is 1. The Labute approximate surface area is 162 Å². The van der Waals surface area contributed by atoms with Crippen molar-refractivity contribution >= 4 is 17.2 Å². The molecular formula is C21H22N4OS. The number of thiophene rings is 1. The van der Waals surface area contributed by atoms with E-state index in [4.69, 9.17) is 0 Å². The molecule has 0 spiro atoms. The van der Waals surface area contributed by atoms with Crippen molar-refractivity contribution in [3.63, 3.8) is 0 Å². The summed E-state index contributed by atoms with van der Waals surface area (Å²) in [5.74, 6) is 0.0361. The summed E-state index contributed by atoms with van der Waals surface area (Å²) in [5, 5.41) is 9.29. The number of aromatic amines is 1. The van der Waals surface area contributed by atoms with Crippen LogP contribution in [0.5, 0.6) is 0 Å². The number of aromatic nitrogens is 2. The molecule has 3 aromatic rings. The average Bonchev–Trinajstić information content (AvgIpc) is 3.48. The molecule has 138 valence electrons. The molecule has 2 aliphatic heterocycles. The normalized spacial score (nSPS) is 20.0. The van der Waals surface area contributed by atoms with Crippen molar-refractivity contribution in [3.05, 3.63) is 64.7 Å². The third-order valence-corrected chi connectivity index (χ3v) is 6.61. The minimum Gasteiger partial charge on any atom is -0.336 e. The summed E-state index contributed by atoms with van der Waals surface area (Å²) in [4.78, 5) is 18.5. The zero-order chi connectivity index (χ0) is 18.2. The number of hydrogen-bond acceptors (Lipinski definition) is 4. The van der Waals surface area contributed by atoms with Gasteiger partial charge in [-0.2, -0.15) is 5.10 Å². The third kappa shape index (κ3) is 3.19. The van der Waals surface area contributed by atoms with Crippen LogP contribution < -0.4 is 0 Å². The molecule has 2 aromatic heterocycles. The molecular weight excluding hydrogens is 356 g/mol. The molecule has 4 heterocycles. The van der Waals surface area contributed by atoms with E-state index in [0.29, 0.717) is 11.7 Å². The van der Waals surface area contributed by atoms with Crippen molar-refractivity contribution < 1.29 is 4.79 Å². The van der Waals surface area contributed by atoms with Gasteiger partial charge in [-0.25, -0.2) is 0 Å². The van der Waals surface area contributed by atoms with E-state index in [1.807, 2.05) is 28.5 Å². The lowest BCUT2D eigenvalue weighted by atomic mass is 9.98. The van der Waals surface area contributed by atoms with E-state index in [1.165, 1.54) is 11.1 Å². The van der Waals surface area contributed by atoms with Crippen molar-refractivity contribution in [3.8, 4) is 10.6 Å². The van der Waals surface area contributed by atoms with Gasteiger partial charge in [0.1, 0.15) is 0 Å². The maximum absolute atomic E-state index is 12.9.